The summed E-state index contributed by atoms with van der Waals surface area (Å²) in [5.74, 6) is 0.137. The Hall–Kier alpha value is -1.85. The van der Waals surface area contributed by atoms with Crippen molar-refractivity contribution in [3.8, 4) is 5.69 Å². The summed E-state index contributed by atoms with van der Waals surface area (Å²) < 4.78 is 1.68. The van der Waals surface area contributed by atoms with E-state index in [4.69, 9.17) is 11.6 Å². The molecule has 2 heterocycles. The number of carbonyl (C=O) groups excluding carboxylic acids is 1. The summed E-state index contributed by atoms with van der Waals surface area (Å²) >= 11 is 6.21. The molecule has 1 aromatic carbocycles. The molecule has 122 valence electrons. The van der Waals surface area contributed by atoms with Gasteiger partial charge in [0, 0.05) is 13.1 Å². The minimum absolute atomic E-state index is 0.0910. The molecular weight excluding hydrogens is 314 g/mol. The van der Waals surface area contributed by atoms with Crippen LogP contribution in [0.5, 0.6) is 0 Å². The second-order valence-electron chi connectivity index (χ2n) is 6.09. The molecule has 2 atom stereocenters. The lowest BCUT2D eigenvalue weighted by molar-refractivity contribution is 0.0248. The highest BCUT2D eigenvalue weighted by atomic mass is 35.5. The maximum Gasteiger partial charge on any atom is 0.257 e. The number of aromatic nitrogens is 2. The first-order valence-electron chi connectivity index (χ1n) is 7.76. The lowest BCUT2D eigenvalue weighted by Crippen LogP contribution is -2.45. The summed E-state index contributed by atoms with van der Waals surface area (Å²) in [6.07, 6.45) is 1.92. The first-order chi connectivity index (χ1) is 11.0. The van der Waals surface area contributed by atoms with Crippen LogP contribution in [0.1, 0.15) is 29.4 Å². The number of nitrogens with zero attached hydrogens (tertiary/aromatic N) is 3. The van der Waals surface area contributed by atoms with Gasteiger partial charge in [0.05, 0.1) is 34.3 Å². The van der Waals surface area contributed by atoms with Crippen molar-refractivity contribution in [2.45, 2.75) is 26.4 Å². The second-order valence-corrected chi connectivity index (χ2v) is 6.50. The first kappa shape index (κ1) is 16.0. The van der Waals surface area contributed by atoms with Crippen molar-refractivity contribution in [1.82, 2.24) is 14.7 Å². The van der Waals surface area contributed by atoms with E-state index in [1.54, 1.807) is 21.8 Å². The third-order valence-electron chi connectivity index (χ3n) is 4.53. The number of hydrogen-bond acceptors (Lipinski definition) is 3. The van der Waals surface area contributed by atoms with Crippen molar-refractivity contribution in [3.63, 3.8) is 0 Å². The highest BCUT2D eigenvalue weighted by Crippen LogP contribution is 2.24. The van der Waals surface area contributed by atoms with E-state index in [1.807, 2.05) is 32.0 Å². The highest BCUT2D eigenvalue weighted by molar-refractivity contribution is 6.32. The SMILES string of the molecule is Cc1c(C(=O)N2CCC(C)C(O)C2)cnn1-c1ccccc1Cl. The quantitative estimate of drug-likeness (QED) is 0.919. The molecule has 0 saturated carbocycles. The number of para-hydroxylation sites is 1. The van der Waals surface area contributed by atoms with E-state index in [9.17, 15) is 9.90 Å². The van der Waals surface area contributed by atoms with Crippen LogP contribution in [0.3, 0.4) is 0 Å². The van der Waals surface area contributed by atoms with Gasteiger partial charge in [-0.15, -0.1) is 0 Å². The van der Waals surface area contributed by atoms with Gasteiger partial charge in [-0.05, 0) is 31.4 Å². The number of rotatable bonds is 2. The van der Waals surface area contributed by atoms with Crippen molar-refractivity contribution < 1.29 is 9.90 Å². The Morgan fingerprint density at radius 2 is 2.13 bits per heavy atom. The van der Waals surface area contributed by atoms with Gasteiger partial charge in [-0.1, -0.05) is 30.7 Å². The van der Waals surface area contributed by atoms with Crippen molar-refractivity contribution >= 4 is 17.5 Å². The molecule has 23 heavy (non-hydrogen) atoms. The predicted molar refractivity (Wildman–Crippen MR) is 89.0 cm³/mol. The average Bonchev–Trinajstić information content (AvgIpc) is 2.91. The Morgan fingerprint density at radius 1 is 1.39 bits per heavy atom. The molecule has 1 aromatic heterocycles. The Kier molecular flexibility index (Phi) is 4.41. The van der Waals surface area contributed by atoms with E-state index in [0.29, 0.717) is 23.7 Å². The Morgan fingerprint density at radius 3 is 2.83 bits per heavy atom. The van der Waals surface area contributed by atoms with Crippen molar-refractivity contribution in [2.75, 3.05) is 13.1 Å². The minimum Gasteiger partial charge on any atom is -0.391 e. The summed E-state index contributed by atoms with van der Waals surface area (Å²) in [7, 11) is 0. The molecule has 3 rings (SSSR count). The topological polar surface area (TPSA) is 58.4 Å². The molecule has 1 aliphatic heterocycles. The number of amides is 1. The average molecular weight is 334 g/mol. The number of carbonyl (C=O) groups is 1. The van der Waals surface area contributed by atoms with E-state index in [2.05, 4.69) is 5.10 Å². The lowest BCUT2D eigenvalue weighted by atomic mass is 9.95. The van der Waals surface area contributed by atoms with Gasteiger partial charge < -0.3 is 10.0 Å². The molecule has 6 heteroatoms. The van der Waals surface area contributed by atoms with Gasteiger partial charge in [-0.25, -0.2) is 4.68 Å². The zero-order chi connectivity index (χ0) is 16.6. The standard InChI is InChI=1S/C17H20ClN3O2/c1-11-7-8-20(10-16(11)22)17(23)13-9-19-21(12(13)2)15-6-4-3-5-14(15)18/h3-6,9,11,16,22H,7-8,10H2,1-2H3. The minimum atomic E-state index is -0.466. The van der Waals surface area contributed by atoms with Gasteiger partial charge in [0.25, 0.3) is 5.91 Å². The third kappa shape index (κ3) is 2.99. The molecule has 0 aliphatic carbocycles. The van der Waals surface area contributed by atoms with E-state index in [1.165, 1.54) is 0 Å². The smallest absolute Gasteiger partial charge is 0.257 e. The monoisotopic (exact) mass is 333 g/mol. The molecule has 0 radical (unpaired) electrons. The molecular formula is C17H20ClN3O2. The van der Waals surface area contributed by atoms with Gasteiger partial charge in [0.15, 0.2) is 0 Å². The van der Waals surface area contributed by atoms with Crippen molar-refractivity contribution in [3.05, 3.63) is 46.7 Å². The number of piperidine rings is 1. The largest absolute Gasteiger partial charge is 0.391 e. The Balaban J connectivity index is 1.88. The van der Waals surface area contributed by atoms with Gasteiger partial charge in [0.2, 0.25) is 0 Å². The number of hydrogen-bond donors (Lipinski definition) is 1. The Labute approximate surface area is 140 Å². The predicted octanol–water partition coefficient (Wildman–Crippen LogP) is 2.68. The summed E-state index contributed by atoms with van der Waals surface area (Å²) in [5.41, 5.74) is 2.04. The zero-order valence-corrected chi connectivity index (χ0v) is 14.0. The number of β-amino-alcohol motifs (C(OH)–C–C–N with tert-alkyl or cyclic N) is 1. The molecule has 0 bridgehead atoms. The summed E-state index contributed by atoms with van der Waals surface area (Å²) in [6.45, 7) is 4.89. The van der Waals surface area contributed by atoms with E-state index >= 15 is 0 Å². The van der Waals surface area contributed by atoms with Crippen LogP contribution < -0.4 is 0 Å². The van der Waals surface area contributed by atoms with Crippen molar-refractivity contribution in [2.24, 2.45) is 5.92 Å². The van der Waals surface area contributed by atoms with Gasteiger partial charge in [0.1, 0.15) is 0 Å². The molecule has 0 spiro atoms. The number of likely N-dealkylation sites (tertiary alicyclic amines) is 1. The van der Waals surface area contributed by atoms with Crippen LogP contribution in [0.4, 0.5) is 0 Å². The van der Waals surface area contributed by atoms with E-state index in [0.717, 1.165) is 17.8 Å². The highest BCUT2D eigenvalue weighted by Gasteiger charge is 2.29. The van der Waals surface area contributed by atoms with Gasteiger partial charge in [-0.3, -0.25) is 4.79 Å². The molecule has 1 amide bonds. The van der Waals surface area contributed by atoms with Crippen LogP contribution in [-0.4, -0.2) is 44.9 Å². The molecule has 1 saturated heterocycles. The fourth-order valence-electron chi connectivity index (χ4n) is 2.89. The fourth-order valence-corrected chi connectivity index (χ4v) is 3.11. The molecule has 1 aliphatic rings. The maximum absolute atomic E-state index is 12.7. The third-order valence-corrected chi connectivity index (χ3v) is 4.85. The lowest BCUT2D eigenvalue weighted by Gasteiger charge is -2.34. The molecule has 2 unspecified atom stereocenters. The number of aliphatic hydroxyl groups excluding tert-OH is 1. The van der Waals surface area contributed by atoms with Crippen molar-refractivity contribution in [1.29, 1.82) is 0 Å². The van der Waals surface area contributed by atoms with Crippen LogP contribution in [0.2, 0.25) is 5.02 Å². The van der Waals surface area contributed by atoms with Crippen LogP contribution >= 0.6 is 11.6 Å². The van der Waals surface area contributed by atoms with E-state index in [-0.39, 0.29) is 11.8 Å². The summed E-state index contributed by atoms with van der Waals surface area (Å²) in [4.78, 5) is 14.4. The molecule has 1 N–H and O–H groups in total. The van der Waals surface area contributed by atoms with Crippen LogP contribution in [0, 0.1) is 12.8 Å². The zero-order valence-electron chi connectivity index (χ0n) is 13.2. The van der Waals surface area contributed by atoms with Crippen LogP contribution in [-0.2, 0) is 0 Å². The number of aliphatic hydroxyl groups is 1. The second kappa shape index (κ2) is 6.34. The summed E-state index contributed by atoms with van der Waals surface area (Å²) in [5, 5.41) is 14.9. The fraction of sp³-hybridized carbons (Fsp3) is 0.412. The number of halogens is 1. The number of benzene rings is 1. The van der Waals surface area contributed by atoms with Gasteiger partial charge >= 0.3 is 0 Å². The van der Waals surface area contributed by atoms with Crippen LogP contribution in [0.25, 0.3) is 5.69 Å². The van der Waals surface area contributed by atoms with Crippen LogP contribution in [0.15, 0.2) is 30.5 Å². The van der Waals surface area contributed by atoms with Gasteiger partial charge in [-0.2, -0.15) is 5.10 Å². The summed E-state index contributed by atoms with van der Waals surface area (Å²) in [6, 6.07) is 7.39. The molecule has 1 fully saturated rings. The maximum atomic E-state index is 12.7. The Bertz CT molecular complexity index is 728. The molecule has 2 aromatic rings. The van der Waals surface area contributed by atoms with E-state index < -0.39 is 6.10 Å². The normalized spacial score (nSPS) is 21.5. The molecule has 5 nitrogen and oxygen atoms in total. The first-order valence-corrected chi connectivity index (χ1v) is 8.13.